The molecule has 240 valence electrons. The molecular weight excluding hydrogens is 529 g/mol. The number of hydrogen-bond donors (Lipinski definition) is 0. The van der Waals surface area contributed by atoms with Crippen molar-refractivity contribution in [3.63, 3.8) is 0 Å². The Balaban J connectivity index is 3.78. The molecule has 0 aliphatic heterocycles. The van der Waals surface area contributed by atoms with Crippen LogP contribution in [0, 0.1) is 0 Å². The van der Waals surface area contributed by atoms with E-state index >= 15 is 0 Å². The summed E-state index contributed by atoms with van der Waals surface area (Å²) in [7, 11) is -3.65. The predicted molar refractivity (Wildman–Crippen MR) is 180 cm³/mol. The minimum atomic E-state index is -1.97. The molecule has 0 fully saturated rings. The first-order chi connectivity index (χ1) is 18.8. The van der Waals surface area contributed by atoms with E-state index in [-0.39, 0.29) is 12.8 Å². The summed E-state index contributed by atoms with van der Waals surface area (Å²) in [6, 6.07) is 0. The molecule has 6 heteroatoms. The number of esters is 1. The van der Waals surface area contributed by atoms with Crippen LogP contribution in [0.4, 0.5) is 0 Å². The molecule has 0 radical (unpaired) electrons. The van der Waals surface area contributed by atoms with Gasteiger partial charge in [-0.25, -0.2) is 0 Å². The largest absolute Gasteiger partial charge is 0.439 e. The monoisotopic (exact) mass is 600 g/mol. The van der Waals surface area contributed by atoms with E-state index in [4.69, 9.17) is 13.6 Å². The molecule has 0 aromatic carbocycles. The highest BCUT2D eigenvalue weighted by atomic mass is 28.4. The van der Waals surface area contributed by atoms with Gasteiger partial charge in [-0.1, -0.05) is 147 Å². The summed E-state index contributed by atoms with van der Waals surface area (Å²) in [6.07, 6.45) is 15.7. The van der Waals surface area contributed by atoms with Crippen molar-refractivity contribution in [1.29, 1.82) is 0 Å². The Labute approximate surface area is 253 Å². The topological polar surface area (TPSA) is 44.8 Å². The summed E-state index contributed by atoms with van der Waals surface area (Å²) in [5.41, 5.74) is 3.55. The first-order valence-electron chi connectivity index (χ1n) is 17.2. The van der Waals surface area contributed by atoms with Gasteiger partial charge in [-0.05, 0) is 46.1 Å². The minimum absolute atomic E-state index is 0.105. The van der Waals surface area contributed by atoms with E-state index in [2.05, 4.69) is 83.1 Å². The molecule has 0 saturated carbocycles. The first kappa shape index (κ1) is 39.8. The van der Waals surface area contributed by atoms with E-state index in [0.29, 0.717) is 39.7 Å². The molecule has 0 aliphatic rings. The summed E-state index contributed by atoms with van der Waals surface area (Å²) in [4.78, 5) is 12.2. The van der Waals surface area contributed by atoms with Crippen LogP contribution in [0.3, 0.4) is 0 Å². The molecule has 0 N–H and O–H groups in total. The summed E-state index contributed by atoms with van der Waals surface area (Å²) >= 11 is 0. The number of carbonyl (C=O) groups excluding carboxylic acids is 1. The Bertz CT molecular complexity index is 588. The standard InChI is InChI=1S/C34H72O4Si2/c1-28(2)39(29(3)4,30(5)6)37-26-24-22-20-18-16-14-13-15-17-19-21-23-25-34(35)36-27-38-40(31(7)8,32(9)10)33(11)12/h28-33H,13-27H2,1-12H3. The van der Waals surface area contributed by atoms with Gasteiger partial charge < -0.3 is 13.6 Å². The molecule has 0 aromatic rings. The van der Waals surface area contributed by atoms with E-state index in [0.717, 1.165) is 19.4 Å². The van der Waals surface area contributed by atoms with Crippen LogP contribution in [-0.4, -0.2) is 36.0 Å². The van der Waals surface area contributed by atoms with Gasteiger partial charge in [0, 0.05) is 13.0 Å². The molecule has 0 aliphatic carbocycles. The lowest BCUT2D eigenvalue weighted by Gasteiger charge is -2.42. The number of unbranched alkanes of at least 4 members (excludes halogenated alkanes) is 11. The number of ether oxygens (including phenoxy) is 1. The van der Waals surface area contributed by atoms with Gasteiger partial charge in [-0.15, -0.1) is 0 Å². The maximum atomic E-state index is 12.2. The smallest absolute Gasteiger partial charge is 0.307 e. The Hall–Kier alpha value is -0.176. The molecule has 4 nitrogen and oxygen atoms in total. The summed E-state index contributed by atoms with van der Waals surface area (Å²) in [5.74, 6) is -0.105. The molecule has 40 heavy (non-hydrogen) atoms. The molecule has 0 heterocycles. The number of carbonyl (C=O) groups is 1. The molecule has 0 unspecified atom stereocenters. The van der Waals surface area contributed by atoms with Crippen molar-refractivity contribution in [3.05, 3.63) is 0 Å². The average Bonchev–Trinajstić information content (AvgIpc) is 2.85. The quantitative estimate of drug-likeness (QED) is 0.0452. The zero-order chi connectivity index (χ0) is 30.8. The third kappa shape index (κ3) is 13.4. The zero-order valence-electron chi connectivity index (χ0n) is 29.2. The highest BCUT2D eigenvalue weighted by Crippen LogP contribution is 2.43. The van der Waals surface area contributed by atoms with Gasteiger partial charge in [-0.3, -0.25) is 4.79 Å². The molecule has 0 amide bonds. The van der Waals surface area contributed by atoms with E-state index in [1.165, 1.54) is 64.2 Å². The van der Waals surface area contributed by atoms with Crippen LogP contribution in [0.25, 0.3) is 0 Å². The van der Waals surface area contributed by atoms with Gasteiger partial charge in [0.15, 0.2) is 15.1 Å². The van der Waals surface area contributed by atoms with Crippen molar-refractivity contribution in [2.24, 2.45) is 0 Å². The Morgan fingerprint density at radius 3 is 1.10 bits per heavy atom. The second kappa shape index (κ2) is 21.5. The van der Waals surface area contributed by atoms with Crippen LogP contribution in [0.5, 0.6) is 0 Å². The second-order valence-electron chi connectivity index (χ2n) is 14.3. The van der Waals surface area contributed by atoms with Gasteiger partial charge >= 0.3 is 5.97 Å². The van der Waals surface area contributed by atoms with Crippen LogP contribution in [-0.2, 0) is 18.4 Å². The van der Waals surface area contributed by atoms with Crippen molar-refractivity contribution < 1.29 is 18.4 Å². The van der Waals surface area contributed by atoms with Gasteiger partial charge in [-0.2, -0.15) is 0 Å². The van der Waals surface area contributed by atoms with Crippen molar-refractivity contribution in [1.82, 2.24) is 0 Å². The lowest BCUT2D eigenvalue weighted by atomic mass is 10.0. The van der Waals surface area contributed by atoms with Crippen molar-refractivity contribution in [2.45, 2.75) is 200 Å². The van der Waals surface area contributed by atoms with Crippen LogP contribution in [0.1, 0.15) is 167 Å². The van der Waals surface area contributed by atoms with E-state index < -0.39 is 16.6 Å². The van der Waals surface area contributed by atoms with Crippen LogP contribution < -0.4 is 0 Å². The maximum Gasteiger partial charge on any atom is 0.307 e. The van der Waals surface area contributed by atoms with Crippen molar-refractivity contribution in [3.8, 4) is 0 Å². The van der Waals surface area contributed by atoms with E-state index in [9.17, 15) is 4.79 Å². The fraction of sp³-hybridized carbons (Fsp3) is 0.971. The Morgan fingerprint density at radius 2 is 0.750 bits per heavy atom. The second-order valence-corrected chi connectivity index (χ2v) is 25.2. The van der Waals surface area contributed by atoms with Crippen LogP contribution in [0.2, 0.25) is 33.2 Å². The number of rotatable bonds is 25. The molecule has 0 atom stereocenters. The molecule has 0 bridgehead atoms. The SMILES string of the molecule is CC(C)[Si](OCCCCCCCCCCCCCCC(=O)OCO[Si](C(C)C)(C(C)C)C(C)C)(C(C)C)C(C)C. The minimum Gasteiger partial charge on any atom is -0.439 e. The average molecular weight is 601 g/mol. The summed E-state index contributed by atoms with van der Waals surface area (Å²) < 4.78 is 18.5. The fourth-order valence-electron chi connectivity index (χ4n) is 7.66. The van der Waals surface area contributed by atoms with E-state index in [1.807, 2.05) is 0 Å². The Morgan fingerprint density at radius 1 is 0.450 bits per heavy atom. The highest BCUT2D eigenvalue weighted by Gasteiger charge is 2.46. The molecule has 0 aromatic heterocycles. The Kier molecular flexibility index (Phi) is 21.4. The molecule has 0 rings (SSSR count). The van der Waals surface area contributed by atoms with Gasteiger partial charge in [0.1, 0.15) is 0 Å². The van der Waals surface area contributed by atoms with Crippen molar-refractivity contribution >= 4 is 22.6 Å². The predicted octanol–water partition coefficient (Wildman–Crippen LogP) is 11.9. The summed E-state index contributed by atoms with van der Waals surface area (Å²) in [5, 5.41) is 0. The van der Waals surface area contributed by atoms with Crippen molar-refractivity contribution in [2.75, 3.05) is 13.4 Å². The lowest BCUT2D eigenvalue weighted by Crippen LogP contribution is -2.48. The van der Waals surface area contributed by atoms with Gasteiger partial charge in [0.25, 0.3) is 0 Å². The third-order valence-electron chi connectivity index (χ3n) is 9.57. The molecule has 0 spiro atoms. The zero-order valence-corrected chi connectivity index (χ0v) is 31.2. The molecular formula is C34H72O4Si2. The normalized spacial score (nSPS) is 13.2. The maximum absolute atomic E-state index is 12.2. The van der Waals surface area contributed by atoms with Crippen LogP contribution >= 0.6 is 0 Å². The first-order valence-corrected chi connectivity index (χ1v) is 21.5. The fourth-order valence-corrected chi connectivity index (χ4v) is 18.4. The lowest BCUT2D eigenvalue weighted by molar-refractivity contribution is -0.151. The molecule has 0 saturated heterocycles. The van der Waals surface area contributed by atoms with Crippen LogP contribution in [0.15, 0.2) is 0 Å². The van der Waals surface area contributed by atoms with E-state index in [1.54, 1.807) is 0 Å². The van der Waals surface area contributed by atoms with Gasteiger partial charge in [0.2, 0.25) is 8.32 Å². The highest BCUT2D eigenvalue weighted by molar-refractivity contribution is 6.78. The summed E-state index contributed by atoms with van der Waals surface area (Å²) in [6.45, 7) is 28.9. The van der Waals surface area contributed by atoms with Gasteiger partial charge in [0.05, 0.1) is 0 Å². The third-order valence-corrected chi connectivity index (χ3v) is 21.7. The number of hydrogen-bond acceptors (Lipinski definition) is 4.